The number of halogens is 1. The van der Waals surface area contributed by atoms with Crippen molar-refractivity contribution in [3.63, 3.8) is 0 Å². The maximum Gasteiger partial charge on any atom is 0.126 e. The minimum Gasteiger partial charge on any atom is -0.508 e. The lowest BCUT2D eigenvalue weighted by molar-refractivity contribution is 0.161. The van der Waals surface area contributed by atoms with Gasteiger partial charge in [-0.1, -0.05) is 12.1 Å². The van der Waals surface area contributed by atoms with Gasteiger partial charge in [0.2, 0.25) is 0 Å². The van der Waals surface area contributed by atoms with Crippen LogP contribution in [0, 0.1) is 5.82 Å². The number of nitrogens with two attached hydrogens (primary N) is 1. The standard InChI is InChI=1S/C15H14FNO2/c16-10-3-6-14-12(7-10)13(17)8-15(19-14)9-1-4-11(18)5-2-9/h1-7,13,15,18H,8,17H2. The first kappa shape index (κ1) is 12.0. The zero-order chi connectivity index (χ0) is 13.4. The molecule has 0 aromatic heterocycles. The number of ether oxygens (including phenoxy) is 1. The van der Waals surface area contributed by atoms with Crippen molar-refractivity contribution in [3.8, 4) is 11.5 Å². The highest BCUT2D eigenvalue weighted by atomic mass is 19.1. The van der Waals surface area contributed by atoms with Crippen molar-refractivity contribution < 1.29 is 14.2 Å². The zero-order valence-electron chi connectivity index (χ0n) is 10.2. The lowest BCUT2D eigenvalue weighted by Crippen LogP contribution is -2.24. The molecule has 0 aliphatic carbocycles. The van der Waals surface area contributed by atoms with Crippen molar-refractivity contribution in [2.45, 2.75) is 18.6 Å². The molecule has 0 fully saturated rings. The molecule has 2 aromatic rings. The summed E-state index contributed by atoms with van der Waals surface area (Å²) in [5.41, 5.74) is 7.73. The highest BCUT2D eigenvalue weighted by Gasteiger charge is 2.27. The summed E-state index contributed by atoms with van der Waals surface area (Å²) >= 11 is 0. The highest BCUT2D eigenvalue weighted by molar-refractivity contribution is 5.40. The fraction of sp³-hybridized carbons (Fsp3) is 0.200. The molecular formula is C15H14FNO2. The van der Waals surface area contributed by atoms with E-state index in [-0.39, 0.29) is 23.7 Å². The Morgan fingerprint density at radius 1 is 1.16 bits per heavy atom. The Bertz CT molecular complexity index is 598. The molecule has 1 aliphatic rings. The summed E-state index contributed by atoms with van der Waals surface area (Å²) in [6.07, 6.45) is 0.412. The van der Waals surface area contributed by atoms with Gasteiger partial charge < -0.3 is 15.6 Å². The zero-order valence-corrected chi connectivity index (χ0v) is 10.2. The molecule has 0 bridgehead atoms. The average molecular weight is 259 g/mol. The average Bonchev–Trinajstić information content (AvgIpc) is 2.40. The van der Waals surface area contributed by atoms with E-state index in [0.29, 0.717) is 17.7 Å². The number of aromatic hydroxyl groups is 1. The molecule has 2 atom stereocenters. The van der Waals surface area contributed by atoms with Gasteiger partial charge in [-0.05, 0) is 35.9 Å². The molecule has 2 unspecified atom stereocenters. The number of fused-ring (bicyclic) bond motifs is 1. The first-order valence-electron chi connectivity index (χ1n) is 6.14. The van der Waals surface area contributed by atoms with Gasteiger partial charge in [0.1, 0.15) is 23.4 Å². The molecule has 98 valence electrons. The Hall–Kier alpha value is -2.07. The summed E-state index contributed by atoms with van der Waals surface area (Å²) in [4.78, 5) is 0. The largest absolute Gasteiger partial charge is 0.508 e. The van der Waals surface area contributed by atoms with Crippen LogP contribution in [0.25, 0.3) is 0 Å². The van der Waals surface area contributed by atoms with Crippen molar-refractivity contribution >= 4 is 0 Å². The van der Waals surface area contributed by atoms with Gasteiger partial charge in [-0.25, -0.2) is 4.39 Å². The van der Waals surface area contributed by atoms with Gasteiger partial charge in [0.15, 0.2) is 0 Å². The smallest absolute Gasteiger partial charge is 0.126 e. The summed E-state index contributed by atoms with van der Waals surface area (Å²) < 4.78 is 19.0. The predicted octanol–water partition coefficient (Wildman–Crippen LogP) is 3.05. The Kier molecular flexibility index (Phi) is 2.87. The molecule has 2 aromatic carbocycles. The van der Waals surface area contributed by atoms with Gasteiger partial charge in [0.25, 0.3) is 0 Å². The van der Waals surface area contributed by atoms with E-state index in [2.05, 4.69) is 0 Å². The van der Waals surface area contributed by atoms with Crippen LogP contribution in [0.2, 0.25) is 0 Å². The third-order valence-electron chi connectivity index (χ3n) is 3.37. The molecule has 4 heteroatoms. The second kappa shape index (κ2) is 4.55. The Morgan fingerprint density at radius 2 is 1.89 bits per heavy atom. The fourth-order valence-corrected chi connectivity index (χ4v) is 2.37. The summed E-state index contributed by atoms with van der Waals surface area (Å²) in [6, 6.07) is 11.0. The fourth-order valence-electron chi connectivity index (χ4n) is 2.37. The van der Waals surface area contributed by atoms with E-state index in [9.17, 15) is 9.50 Å². The minimum absolute atomic E-state index is 0.173. The van der Waals surface area contributed by atoms with E-state index in [1.54, 1.807) is 30.3 Å². The van der Waals surface area contributed by atoms with Crippen LogP contribution in [0.5, 0.6) is 11.5 Å². The van der Waals surface area contributed by atoms with Crippen LogP contribution in [-0.2, 0) is 0 Å². The number of hydrogen-bond acceptors (Lipinski definition) is 3. The van der Waals surface area contributed by atoms with Crippen LogP contribution in [-0.4, -0.2) is 5.11 Å². The molecule has 0 saturated carbocycles. The summed E-state index contributed by atoms with van der Waals surface area (Å²) in [5, 5.41) is 9.29. The van der Waals surface area contributed by atoms with Gasteiger partial charge >= 0.3 is 0 Å². The first-order chi connectivity index (χ1) is 9.13. The molecular weight excluding hydrogens is 245 g/mol. The van der Waals surface area contributed by atoms with Crippen LogP contribution >= 0.6 is 0 Å². The maximum atomic E-state index is 13.2. The van der Waals surface area contributed by atoms with Gasteiger partial charge in [-0.3, -0.25) is 0 Å². The number of rotatable bonds is 1. The van der Waals surface area contributed by atoms with Crippen LogP contribution in [0.4, 0.5) is 4.39 Å². The molecule has 3 nitrogen and oxygen atoms in total. The lowest BCUT2D eigenvalue weighted by Gasteiger charge is -2.30. The van der Waals surface area contributed by atoms with Crippen molar-refractivity contribution in [2.24, 2.45) is 5.73 Å². The van der Waals surface area contributed by atoms with E-state index >= 15 is 0 Å². The van der Waals surface area contributed by atoms with Crippen molar-refractivity contribution in [3.05, 3.63) is 59.4 Å². The Labute approximate surface area is 110 Å². The SMILES string of the molecule is NC1CC(c2ccc(O)cc2)Oc2ccc(F)cc21. The second-order valence-corrected chi connectivity index (χ2v) is 4.72. The van der Waals surface area contributed by atoms with E-state index in [0.717, 1.165) is 5.56 Å². The van der Waals surface area contributed by atoms with Crippen molar-refractivity contribution in [1.29, 1.82) is 0 Å². The third-order valence-corrected chi connectivity index (χ3v) is 3.37. The minimum atomic E-state index is -0.305. The monoisotopic (exact) mass is 259 g/mol. The number of phenols is 1. The highest BCUT2D eigenvalue weighted by Crippen LogP contribution is 2.40. The molecule has 1 aliphatic heterocycles. The molecule has 3 N–H and O–H groups in total. The van der Waals surface area contributed by atoms with E-state index in [1.165, 1.54) is 12.1 Å². The van der Waals surface area contributed by atoms with E-state index in [4.69, 9.17) is 10.5 Å². The Morgan fingerprint density at radius 3 is 2.63 bits per heavy atom. The quantitative estimate of drug-likeness (QED) is 0.827. The van der Waals surface area contributed by atoms with Gasteiger partial charge in [0, 0.05) is 18.0 Å². The lowest BCUT2D eigenvalue weighted by atomic mass is 9.93. The van der Waals surface area contributed by atoms with Crippen molar-refractivity contribution in [1.82, 2.24) is 0 Å². The Balaban J connectivity index is 1.92. The number of phenolic OH excluding ortho intramolecular Hbond substituents is 1. The van der Waals surface area contributed by atoms with Gasteiger partial charge in [-0.2, -0.15) is 0 Å². The normalized spacial score (nSPS) is 21.6. The summed E-state index contributed by atoms with van der Waals surface area (Å²) in [6.45, 7) is 0. The molecule has 3 rings (SSSR count). The molecule has 0 spiro atoms. The van der Waals surface area contributed by atoms with Gasteiger partial charge in [-0.15, -0.1) is 0 Å². The molecule has 0 amide bonds. The summed E-state index contributed by atoms with van der Waals surface area (Å²) in [7, 11) is 0. The first-order valence-corrected chi connectivity index (χ1v) is 6.14. The maximum absolute atomic E-state index is 13.2. The van der Waals surface area contributed by atoms with Crippen molar-refractivity contribution in [2.75, 3.05) is 0 Å². The second-order valence-electron chi connectivity index (χ2n) is 4.72. The van der Waals surface area contributed by atoms with Crippen LogP contribution in [0.1, 0.15) is 29.7 Å². The molecule has 0 saturated heterocycles. The number of hydrogen-bond donors (Lipinski definition) is 2. The van der Waals surface area contributed by atoms with Crippen LogP contribution < -0.4 is 10.5 Å². The van der Waals surface area contributed by atoms with Gasteiger partial charge in [0.05, 0.1) is 0 Å². The summed E-state index contributed by atoms with van der Waals surface area (Å²) in [5.74, 6) is 0.533. The molecule has 1 heterocycles. The molecule has 0 radical (unpaired) electrons. The third kappa shape index (κ3) is 2.27. The van der Waals surface area contributed by atoms with Crippen LogP contribution in [0.15, 0.2) is 42.5 Å². The van der Waals surface area contributed by atoms with E-state index in [1.807, 2.05) is 0 Å². The topological polar surface area (TPSA) is 55.5 Å². The molecule has 19 heavy (non-hydrogen) atoms. The van der Waals surface area contributed by atoms with E-state index < -0.39 is 0 Å². The predicted molar refractivity (Wildman–Crippen MR) is 69.4 cm³/mol. The van der Waals surface area contributed by atoms with Crippen LogP contribution in [0.3, 0.4) is 0 Å². The number of benzene rings is 2.